The van der Waals surface area contributed by atoms with Gasteiger partial charge in [-0.05, 0) is 18.2 Å². The molecule has 0 saturated heterocycles. The Labute approximate surface area is 73.5 Å². The van der Waals surface area contributed by atoms with Gasteiger partial charge in [0.05, 0.1) is 6.21 Å². The fraction of sp³-hybridized carbons (Fsp3) is 0. The van der Waals surface area contributed by atoms with Crippen molar-refractivity contribution in [1.82, 2.24) is 4.98 Å². The molecule has 2 N–H and O–H groups in total. The Balaban J connectivity index is 2.71. The van der Waals surface area contributed by atoms with Gasteiger partial charge in [-0.2, -0.15) is 0 Å². The number of halogens is 1. The van der Waals surface area contributed by atoms with Gasteiger partial charge in [0.15, 0.2) is 0 Å². The number of aromatic nitrogens is 1. The number of fused-ring (bicyclic) bond motifs is 1. The van der Waals surface area contributed by atoms with Gasteiger partial charge in [0, 0.05) is 22.7 Å². The van der Waals surface area contributed by atoms with E-state index < -0.39 is 0 Å². The maximum absolute atomic E-state index is 12.8. The van der Waals surface area contributed by atoms with E-state index in [2.05, 4.69) is 10.1 Å². The van der Waals surface area contributed by atoms with Gasteiger partial charge < -0.3 is 10.2 Å². The largest absolute Gasteiger partial charge is 0.411 e. The van der Waals surface area contributed by atoms with E-state index in [0.717, 1.165) is 5.52 Å². The van der Waals surface area contributed by atoms with Gasteiger partial charge in [0.2, 0.25) is 0 Å². The molecule has 0 radical (unpaired) electrons. The quantitative estimate of drug-likeness (QED) is 0.392. The molecule has 2 rings (SSSR count). The highest BCUT2D eigenvalue weighted by Crippen LogP contribution is 2.17. The first-order valence-electron chi connectivity index (χ1n) is 3.75. The van der Waals surface area contributed by atoms with Crippen molar-refractivity contribution in [1.29, 1.82) is 0 Å². The second-order valence-corrected chi connectivity index (χ2v) is 2.68. The number of H-pyrrole nitrogens is 1. The van der Waals surface area contributed by atoms with Crippen LogP contribution in [0.3, 0.4) is 0 Å². The average molecular weight is 178 g/mol. The van der Waals surface area contributed by atoms with Crippen LogP contribution in [0.1, 0.15) is 5.56 Å². The third kappa shape index (κ3) is 1.26. The fourth-order valence-corrected chi connectivity index (χ4v) is 1.28. The first-order chi connectivity index (χ1) is 6.31. The zero-order chi connectivity index (χ0) is 9.26. The summed E-state index contributed by atoms with van der Waals surface area (Å²) in [5.74, 6) is -0.306. The summed E-state index contributed by atoms with van der Waals surface area (Å²) in [6.07, 6.45) is 2.92. The summed E-state index contributed by atoms with van der Waals surface area (Å²) >= 11 is 0. The summed E-state index contributed by atoms with van der Waals surface area (Å²) in [6, 6.07) is 4.40. The highest BCUT2D eigenvalue weighted by atomic mass is 19.1. The van der Waals surface area contributed by atoms with E-state index in [1.807, 2.05) is 0 Å². The molecule has 2 aromatic rings. The van der Waals surface area contributed by atoms with Gasteiger partial charge in [-0.25, -0.2) is 4.39 Å². The molecule has 0 fully saturated rings. The molecule has 0 aliphatic heterocycles. The molecule has 0 amide bonds. The first-order valence-corrected chi connectivity index (χ1v) is 3.75. The molecule has 0 atom stereocenters. The molecule has 0 aliphatic rings. The number of aromatic amines is 1. The number of hydrogen-bond acceptors (Lipinski definition) is 2. The molecule has 4 heteroatoms. The number of nitrogens with zero attached hydrogens (tertiary/aromatic N) is 1. The van der Waals surface area contributed by atoms with Crippen LogP contribution < -0.4 is 0 Å². The average Bonchev–Trinajstić information content (AvgIpc) is 2.49. The molecule has 0 unspecified atom stereocenters. The fourth-order valence-electron chi connectivity index (χ4n) is 1.28. The van der Waals surface area contributed by atoms with Crippen molar-refractivity contribution in [3.63, 3.8) is 0 Å². The van der Waals surface area contributed by atoms with E-state index in [-0.39, 0.29) is 5.82 Å². The molecule has 13 heavy (non-hydrogen) atoms. The van der Waals surface area contributed by atoms with Crippen LogP contribution in [0.4, 0.5) is 4.39 Å². The lowest BCUT2D eigenvalue weighted by Crippen LogP contribution is -1.78. The normalized spacial score (nSPS) is 11.5. The predicted octanol–water partition coefficient (Wildman–Crippen LogP) is 2.12. The van der Waals surface area contributed by atoms with Crippen LogP contribution in [0.2, 0.25) is 0 Å². The lowest BCUT2D eigenvalue weighted by atomic mass is 10.2. The minimum atomic E-state index is -0.306. The van der Waals surface area contributed by atoms with Crippen LogP contribution in [-0.2, 0) is 0 Å². The van der Waals surface area contributed by atoms with Crippen molar-refractivity contribution in [3.8, 4) is 0 Å². The van der Waals surface area contributed by atoms with Gasteiger partial charge in [-0.15, -0.1) is 0 Å². The minimum absolute atomic E-state index is 0.306. The van der Waals surface area contributed by atoms with E-state index in [1.165, 1.54) is 18.3 Å². The lowest BCUT2D eigenvalue weighted by molar-refractivity contribution is 0.322. The Hall–Kier alpha value is -1.84. The summed E-state index contributed by atoms with van der Waals surface area (Å²) in [5.41, 5.74) is 1.48. The molecule has 66 valence electrons. The molecule has 1 aromatic carbocycles. The van der Waals surface area contributed by atoms with Gasteiger partial charge in [-0.3, -0.25) is 0 Å². The Morgan fingerprint density at radius 1 is 1.46 bits per heavy atom. The SMILES string of the molecule is ON=Cc1c[nH]c2ccc(F)cc12. The van der Waals surface area contributed by atoms with Crippen LogP contribution in [0.5, 0.6) is 0 Å². The minimum Gasteiger partial charge on any atom is -0.411 e. The second kappa shape index (κ2) is 2.90. The second-order valence-electron chi connectivity index (χ2n) is 2.68. The molecule has 1 aromatic heterocycles. The number of rotatable bonds is 1. The third-order valence-corrected chi connectivity index (χ3v) is 1.87. The molecule has 1 heterocycles. The van der Waals surface area contributed by atoms with Crippen molar-refractivity contribution in [2.75, 3.05) is 0 Å². The molecule has 3 nitrogen and oxygen atoms in total. The molecular weight excluding hydrogens is 171 g/mol. The predicted molar refractivity (Wildman–Crippen MR) is 47.6 cm³/mol. The van der Waals surface area contributed by atoms with Gasteiger partial charge >= 0.3 is 0 Å². The third-order valence-electron chi connectivity index (χ3n) is 1.87. The zero-order valence-electron chi connectivity index (χ0n) is 6.66. The maximum atomic E-state index is 12.8. The van der Waals surface area contributed by atoms with Crippen molar-refractivity contribution in [2.24, 2.45) is 5.16 Å². The van der Waals surface area contributed by atoms with Crippen molar-refractivity contribution in [2.45, 2.75) is 0 Å². The van der Waals surface area contributed by atoms with Gasteiger partial charge in [0.1, 0.15) is 5.82 Å². The Morgan fingerprint density at radius 3 is 3.08 bits per heavy atom. The van der Waals surface area contributed by atoms with Gasteiger partial charge in [-0.1, -0.05) is 5.16 Å². The molecule has 0 saturated carbocycles. The van der Waals surface area contributed by atoms with Crippen molar-refractivity contribution < 1.29 is 9.60 Å². The van der Waals surface area contributed by atoms with E-state index in [0.29, 0.717) is 10.9 Å². The summed E-state index contributed by atoms with van der Waals surface area (Å²) < 4.78 is 12.8. The van der Waals surface area contributed by atoms with Crippen molar-refractivity contribution >= 4 is 17.1 Å². The van der Waals surface area contributed by atoms with Crippen LogP contribution in [-0.4, -0.2) is 16.4 Å². The zero-order valence-corrected chi connectivity index (χ0v) is 6.66. The highest BCUT2D eigenvalue weighted by Gasteiger charge is 2.01. The topological polar surface area (TPSA) is 48.4 Å². The Kier molecular flexibility index (Phi) is 1.73. The van der Waals surface area contributed by atoms with Crippen LogP contribution >= 0.6 is 0 Å². The molecule has 0 aliphatic carbocycles. The number of oxime groups is 1. The lowest BCUT2D eigenvalue weighted by Gasteiger charge is -1.90. The van der Waals surface area contributed by atoms with Crippen LogP contribution in [0.15, 0.2) is 29.6 Å². The van der Waals surface area contributed by atoms with E-state index in [9.17, 15) is 4.39 Å². The summed E-state index contributed by atoms with van der Waals surface area (Å²) in [6.45, 7) is 0. The standard InChI is InChI=1S/C9H7FN2O/c10-7-1-2-9-8(3-7)6(4-11-9)5-12-13/h1-5,11,13H. The van der Waals surface area contributed by atoms with Crippen LogP contribution in [0, 0.1) is 5.82 Å². The van der Waals surface area contributed by atoms with E-state index in [4.69, 9.17) is 5.21 Å². The van der Waals surface area contributed by atoms with Gasteiger partial charge in [0.25, 0.3) is 0 Å². The monoisotopic (exact) mass is 178 g/mol. The Bertz CT molecular complexity index is 462. The molecule has 0 bridgehead atoms. The highest BCUT2D eigenvalue weighted by molar-refractivity contribution is 5.98. The number of benzene rings is 1. The van der Waals surface area contributed by atoms with Crippen LogP contribution in [0.25, 0.3) is 10.9 Å². The van der Waals surface area contributed by atoms with E-state index in [1.54, 1.807) is 12.3 Å². The number of nitrogens with one attached hydrogen (secondary N) is 1. The Morgan fingerprint density at radius 2 is 2.31 bits per heavy atom. The first kappa shape index (κ1) is 7.79. The molecule has 0 spiro atoms. The summed E-state index contributed by atoms with van der Waals surface area (Å²) in [5, 5.41) is 11.9. The van der Waals surface area contributed by atoms with Crippen molar-refractivity contribution in [3.05, 3.63) is 35.8 Å². The summed E-state index contributed by atoms with van der Waals surface area (Å²) in [7, 11) is 0. The van der Waals surface area contributed by atoms with E-state index >= 15 is 0 Å². The number of hydrogen-bond donors (Lipinski definition) is 2. The smallest absolute Gasteiger partial charge is 0.123 e. The molecular formula is C9H7FN2O. The summed E-state index contributed by atoms with van der Waals surface area (Å²) in [4.78, 5) is 2.93. The maximum Gasteiger partial charge on any atom is 0.123 e.